The summed E-state index contributed by atoms with van der Waals surface area (Å²) in [6.07, 6.45) is 5.12. The van der Waals surface area contributed by atoms with Crippen LogP contribution in [0.2, 0.25) is 0 Å². The number of aliphatic hydroxyl groups is 1. The lowest BCUT2D eigenvalue weighted by atomic mass is 9.94. The second-order valence-electron chi connectivity index (χ2n) is 7.73. The third-order valence-corrected chi connectivity index (χ3v) is 6.33. The Balaban J connectivity index is 1.40. The smallest absolute Gasteiger partial charge is 0.0614 e. The summed E-state index contributed by atoms with van der Waals surface area (Å²) < 4.78 is 0. The van der Waals surface area contributed by atoms with Crippen LogP contribution in [-0.4, -0.2) is 11.2 Å². The van der Waals surface area contributed by atoms with Crippen LogP contribution in [0.15, 0.2) is 24.3 Å². The van der Waals surface area contributed by atoms with Crippen molar-refractivity contribution in [2.24, 2.45) is 29.6 Å². The molecule has 0 aromatic heterocycles. The highest BCUT2D eigenvalue weighted by atomic mass is 16.3. The molecule has 4 rings (SSSR count). The van der Waals surface area contributed by atoms with E-state index in [-0.39, 0.29) is 6.10 Å². The van der Waals surface area contributed by atoms with E-state index in [9.17, 15) is 5.11 Å². The predicted octanol–water partition coefficient (Wildman–Crippen LogP) is 4.01. The van der Waals surface area contributed by atoms with E-state index in [2.05, 4.69) is 38.1 Å². The second-order valence-corrected chi connectivity index (χ2v) is 7.73. The molecule has 3 saturated carbocycles. The molecule has 3 aliphatic carbocycles. The van der Waals surface area contributed by atoms with E-state index in [1.165, 1.54) is 30.4 Å². The van der Waals surface area contributed by atoms with Gasteiger partial charge in [0.1, 0.15) is 0 Å². The van der Waals surface area contributed by atoms with Gasteiger partial charge in [-0.2, -0.15) is 0 Å². The molecule has 0 saturated heterocycles. The minimum atomic E-state index is -0.0988. The summed E-state index contributed by atoms with van der Waals surface area (Å²) in [6.45, 7) is 4.45. The lowest BCUT2D eigenvalue weighted by Gasteiger charge is -2.15. The number of hydrogen-bond donors (Lipinski definition) is 1. The van der Waals surface area contributed by atoms with Crippen molar-refractivity contribution in [3.8, 4) is 0 Å². The standard InChI is InChI=1S/C19H26O/c1-11(2)13-5-3-12(4-6-13)9-16(20)19-17-14-7-8-15(10-14)18(17)19/h3-6,11,14-20H,7-10H2,1-2H3. The van der Waals surface area contributed by atoms with Gasteiger partial charge in [-0.3, -0.25) is 0 Å². The maximum atomic E-state index is 10.6. The summed E-state index contributed by atoms with van der Waals surface area (Å²) in [4.78, 5) is 0. The molecule has 1 aromatic rings. The van der Waals surface area contributed by atoms with E-state index in [4.69, 9.17) is 0 Å². The van der Waals surface area contributed by atoms with Gasteiger partial charge in [-0.15, -0.1) is 0 Å². The maximum absolute atomic E-state index is 10.6. The first-order chi connectivity index (χ1) is 9.65. The van der Waals surface area contributed by atoms with Crippen molar-refractivity contribution in [2.45, 2.75) is 51.6 Å². The van der Waals surface area contributed by atoms with Crippen LogP contribution in [0, 0.1) is 29.6 Å². The predicted molar refractivity (Wildman–Crippen MR) is 81.5 cm³/mol. The Kier molecular flexibility index (Phi) is 2.96. The van der Waals surface area contributed by atoms with Crippen LogP contribution in [-0.2, 0) is 6.42 Å². The molecule has 0 radical (unpaired) electrons. The molecule has 5 unspecified atom stereocenters. The fraction of sp³-hybridized carbons (Fsp3) is 0.684. The maximum Gasteiger partial charge on any atom is 0.0614 e. The van der Waals surface area contributed by atoms with Crippen molar-refractivity contribution in [2.75, 3.05) is 0 Å². The fourth-order valence-corrected chi connectivity index (χ4v) is 5.32. The van der Waals surface area contributed by atoms with Gasteiger partial charge in [-0.05, 0) is 72.3 Å². The summed E-state index contributed by atoms with van der Waals surface area (Å²) in [5, 5.41) is 10.6. The molecule has 3 fully saturated rings. The third kappa shape index (κ3) is 1.94. The molecule has 108 valence electrons. The van der Waals surface area contributed by atoms with Crippen LogP contribution in [0.1, 0.15) is 50.2 Å². The zero-order valence-corrected chi connectivity index (χ0v) is 12.6. The van der Waals surface area contributed by atoms with Gasteiger partial charge in [0.15, 0.2) is 0 Å². The van der Waals surface area contributed by atoms with Crippen LogP contribution in [0.25, 0.3) is 0 Å². The Morgan fingerprint density at radius 1 is 1.05 bits per heavy atom. The lowest BCUT2D eigenvalue weighted by Crippen LogP contribution is -2.18. The average Bonchev–Trinajstić information content (AvgIpc) is 2.89. The molecule has 1 aromatic carbocycles. The van der Waals surface area contributed by atoms with E-state index >= 15 is 0 Å². The molecule has 5 atom stereocenters. The second kappa shape index (κ2) is 4.59. The largest absolute Gasteiger partial charge is 0.392 e. The summed E-state index contributed by atoms with van der Waals surface area (Å²) in [5.74, 6) is 4.93. The van der Waals surface area contributed by atoms with Gasteiger partial charge in [0.25, 0.3) is 0 Å². The molecule has 0 amide bonds. The number of fused-ring (bicyclic) bond motifs is 5. The lowest BCUT2D eigenvalue weighted by molar-refractivity contribution is 0.128. The highest BCUT2D eigenvalue weighted by Gasteiger charge is 2.66. The van der Waals surface area contributed by atoms with Gasteiger partial charge in [0.05, 0.1) is 6.10 Å². The van der Waals surface area contributed by atoms with Crippen LogP contribution in [0.5, 0.6) is 0 Å². The molecular formula is C19H26O. The minimum absolute atomic E-state index is 0.0988. The monoisotopic (exact) mass is 270 g/mol. The number of aliphatic hydroxyl groups excluding tert-OH is 1. The molecule has 1 heteroatoms. The summed E-state index contributed by atoms with van der Waals surface area (Å²) in [7, 11) is 0. The van der Waals surface area contributed by atoms with Crippen molar-refractivity contribution >= 4 is 0 Å². The zero-order valence-electron chi connectivity index (χ0n) is 12.6. The van der Waals surface area contributed by atoms with Gasteiger partial charge < -0.3 is 5.11 Å². The Bertz CT molecular complexity index is 473. The zero-order chi connectivity index (χ0) is 13.9. The molecule has 20 heavy (non-hydrogen) atoms. The Morgan fingerprint density at radius 2 is 1.65 bits per heavy atom. The van der Waals surface area contributed by atoms with Crippen LogP contribution in [0.3, 0.4) is 0 Å². The highest BCUT2D eigenvalue weighted by Crippen LogP contribution is 2.70. The highest BCUT2D eigenvalue weighted by molar-refractivity contribution is 5.26. The number of hydrogen-bond acceptors (Lipinski definition) is 1. The van der Waals surface area contributed by atoms with Crippen molar-refractivity contribution in [3.63, 3.8) is 0 Å². The van der Waals surface area contributed by atoms with Gasteiger partial charge in [0, 0.05) is 0 Å². The first-order valence-corrected chi connectivity index (χ1v) is 8.42. The molecule has 1 nitrogen and oxygen atoms in total. The fourth-order valence-electron chi connectivity index (χ4n) is 5.32. The van der Waals surface area contributed by atoms with Crippen LogP contribution in [0.4, 0.5) is 0 Å². The minimum Gasteiger partial charge on any atom is -0.392 e. The van der Waals surface area contributed by atoms with Crippen molar-refractivity contribution in [3.05, 3.63) is 35.4 Å². The average molecular weight is 270 g/mol. The number of rotatable bonds is 4. The first-order valence-electron chi connectivity index (χ1n) is 8.42. The Hall–Kier alpha value is -0.820. The molecule has 0 aliphatic heterocycles. The topological polar surface area (TPSA) is 20.2 Å². The van der Waals surface area contributed by atoms with Gasteiger partial charge in [0.2, 0.25) is 0 Å². The first kappa shape index (κ1) is 12.9. The molecule has 0 spiro atoms. The van der Waals surface area contributed by atoms with Gasteiger partial charge >= 0.3 is 0 Å². The van der Waals surface area contributed by atoms with Crippen molar-refractivity contribution < 1.29 is 5.11 Å². The number of benzene rings is 1. The molecule has 2 bridgehead atoms. The van der Waals surface area contributed by atoms with E-state index in [0.29, 0.717) is 11.8 Å². The molecule has 3 aliphatic rings. The van der Waals surface area contributed by atoms with Gasteiger partial charge in [-0.1, -0.05) is 38.1 Å². The quantitative estimate of drug-likeness (QED) is 0.876. The molecule has 1 N–H and O–H groups in total. The Morgan fingerprint density at radius 3 is 2.20 bits per heavy atom. The third-order valence-electron chi connectivity index (χ3n) is 6.33. The van der Waals surface area contributed by atoms with E-state index in [1.54, 1.807) is 0 Å². The Labute approximate surface area is 122 Å². The normalized spacial score (nSPS) is 39.1. The van der Waals surface area contributed by atoms with Gasteiger partial charge in [-0.25, -0.2) is 0 Å². The summed E-state index contributed by atoms with van der Waals surface area (Å²) in [6, 6.07) is 8.88. The van der Waals surface area contributed by atoms with E-state index in [0.717, 1.165) is 30.1 Å². The van der Waals surface area contributed by atoms with Crippen molar-refractivity contribution in [1.82, 2.24) is 0 Å². The SMILES string of the molecule is CC(C)c1ccc(CC(O)C2C3C4CCC(C4)C23)cc1. The van der Waals surface area contributed by atoms with E-state index < -0.39 is 0 Å². The van der Waals surface area contributed by atoms with E-state index in [1.807, 2.05) is 0 Å². The summed E-state index contributed by atoms with van der Waals surface area (Å²) >= 11 is 0. The van der Waals surface area contributed by atoms with Crippen molar-refractivity contribution in [1.29, 1.82) is 0 Å². The van der Waals surface area contributed by atoms with Crippen LogP contribution >= 0.6 is 0 Å². The summed E-state index contributed by atoms with van der Waals surface area (Å²) in [5.41, 5.74) is 2.70. The van der Waals surface area contributed by atoms with Crippen LogP contribution < -0.4 is 0 Å². The molecular weight excluding hydrogens is 244 g/mol. The molecule has 0 heterocycles.